The third-order valence-corrected chi connectivity index (χ3v) is 2.87. The average molecular weight is 252 g/mol. The quantitative estimate of drug-likeness (QED) is 0.637. The molecule has 18 heavy (non-hydrogen) atoms. The van der Waals surface area contributed by atoms with Gasteiger partial charge in [-0.2, -0.15) is 0 Å². The van der Waals surface area contributed by atoms with Gasteiger partial charge in [-0.05, 0) is 23.3 Å². The molecule has 1 atom stereocenters. The first kappa shape index (κ1) is 12.2. The average Bonchev–Trinajstić information content (AvgIpc) is 2.84. The van der Waals surface area contributed by atoms with Crippen molar-refractivity contribution in [2.75, 3.05) is 18.6 Å². The predicted molar refractivity (Wildman–Crippen MR) is 63.4 cm³/mol. The molecule has 0 saturated carbocycles. The number of nitro benzene ring substituents is 1. The molecule has 0 radical (unpaired) electrons. The van der Waals surface area contributed by atoms with Crippen molar-refractivity contribution in [3.05, 3.63) is 22.2 Å². The topological polar surface area (TPSA) is 106 Å². The number of aliphatic hydroxyl groups is 1. The van der Waals surface area contributed by atoms with Crippen molar-refractivity contribution in [1.82, 2.24) is 10.3 Å². The summed E-state index contributed by atoms with van der Waals surface area (Å²) in [6.07, 6.45) is 0. The van der Waals surface area contributed by atoms with Gasteiger partial charge >= 0.3 is 5.69 Å². The Bertz CT molecular complexity index is 582. The van der Waals surface area contributed by atoms with E-state index in [-0.39, 0.29) is 23.9 Å². The number of aliphatic hydroxyl groups excluding tert-OH is 1. The van der Waals surface area contributed by atoms with Crippen LogP contribution in [0.1, 0.15) is 6.92 Å². The van der Waals surface area contributed by atoms with Gasteiger partial charge in [0.25, 0.3) is 0 Å². The molecule has 2 rings (SSSR count). The van der Waals surface area contributed by atoms with Gasteiger partial charge in [-0.15, -0.1) is 0 Å². The van der Waals surface area contributed by atoms with Crippen LogP contribution < -0.4 is 4.90 Å². The van der Waals surface area contributed by atoms with Crippen molar-refractivity contribution >= 4 is 22.4 Å². The molecule has 0 aliphatic heterocycles. The van der Waals surface area contributed by atoms with E-state index in [1.54, 1.807) is 18.0 Å². The van der Waals surface area contributed by atoms with Crippen LogP contribution in [-0.4, -0.2) is 40.0 Å². The number of likely N-dealkylation sites (N-methyl/N-ethyl adjacent to an activating group) is 1. The van der Waals surface area contributed by atoms with Gasteiger partial charge in [-0.25, -0.2) is 4.63 Å². The molecule has 1 heterocycles. The third kappa shape index (κ3) is 1.86. The fourth-order valence-corrected chi connectivity index (χ4v) is 1.63. The Labute approximate surface area is 102 Å². The second-order valence-electron chi connectivity index (χ2n) is 3.96. The molecule has 0 bridgehead atoms. The number of aromatic nitrogens is 2. The maximum Gasteiger partial charge on any atom is 0.300 e. The number of non-ortho nitro benzene ring substituents is 1. The normalized spacial score (nSPS) is 12.6. The molecule has 8 heteroatoms. The number of hydrogen-bond acceptors (Lipinski definition) is 7. The summed E-state index contributed by atoms with van der Waals surface area (Å²) in [6, 6.07) is 2.77. The van der Waals surface area contributed by atoms with Gasteiger partial charge in [0.15, 0.2) is 5.52 Å². The second kappa shape index (κ2) is 4.57. The number of benzene rings is 1. The lowest BCUT2D eigenvalue weighted by atomic mass is 10.2. The highest BCUT2D eigenvalue weighted by atomic mass is 16.6. The lowest BCUT2D eigenvalue weighted by molar-refractivity contribution is -0.383. The Morgan fingerprint density at radius 3 is 2.78 bits per heavy atom. The van der Waals surface area contributed by atoms with Crippen LogP contribution in [-0.2, 0) is 0 Å². The Morgan fingerprint density at radius 2 is 2.17 bits per heavy atom. The van der Waals surface area contributed by atoms with E-state index in [1.807, 2.05) is 6.92 Å². The van der Waals surface area contributed by atoms with E-state index in [2.05, 4.69) is 14.9 Å². The molecule has 1 aromatic heterocycles. The monoisotopic (exact) mass is 252 g/mol. The van der Waals surface area contributed by atoms with Crippen molar-refractivity contribution in [2.45, 2.75) is 13.0 Å². The zero-order valence-electron chi connectivity index (χ0n) is 9.90. The third-order valence-electron chi connectivity index (χ3n) is 2.87. The van der Waals surface area contributed by atoms with E-state index < -0.39 is 4.92 Å². The summed E-state index contributed by atoms with van der Waals surface area (Å²) in [4.78, 5) is 12.1. The highest BCUT2D eigenvalue weighted by molar-refractivity contribution is 5.93. The lowest BCUT2D eigenvalue weighted by Gasteiger charge is -2.24. The van der Waals surface area contributed by atoms with Crippen molar-refractivity contribution in [3.63, 3.8) is 0 Å². The summed E-state index contributed by atoms with van der Waals surface area (Å²) in [5.41, 5.74) is 0.889. The molecule has 1 unspecified atom stereocenters. The summed E-state index contributed by atoms with van der Waals surface area (Å²) < 4.78 is 4.57. The van der Waals surface area contributed by atoms with Gasteiger partial charge in [-0.1, -0.05) is 0 Å². The fourth-order valence-electron chi connectivity index (χ4n) is 1.63. The Hall–Kier alpha value is -2.22. The fraction of sp³-hybridized carbons (Fsp3) is 0.400. The summed E-state index contributed by atoms with van der Waals surface area (Å²) in [5.74, 6) is 0. The van der Waals surface area contributed by atoms with E-state index in [0.29, 0.717) is 11.2 Å². The van der Waals surface area contributed by atoms with Gasteiger partial charge in [0.1, 0.15) is 0 Å². The molecule has 0 amide bonds. The Morgan fingerprint density at radius 1 is 1.50 bits per heavy atom. The molecular formula is C10H12N4O4. The zero-order chi connectivity index (χ0) is 13.3. The number of nitro groups is 1. The van der Waals surface area contributed by atoms with Crippen LogP contribution in [0.15, 0.2) is 16.8 Å². The van der Waals surface area contributed by atoms with E-state index in [0.717, 1.165) is 0 Å². The largest absolute Gasteiger partial charge is 0.394 e. The predicted octanol–water partition coefficient (Wildman–Crippen LogP) is 0.948. The summed E-state index contributed by atoms with van der Waals surface area (Å²) >= 11 is 0. The Kier molecular flexibility index (Phi) is 3.11. The summed E-state index contributed by atoms with van der Waals surface area (Å²) in [6.45, 7) is 1.78. The number of anilines is 1. The van der Waals surface area contributed by atoms with Gasteiger partial charge in [0.2, 0.25) is 5.52 Å². The number of rotatable bonds is 4. The van der Waals surface area contributed by atoms with Gasteiger partial charge in [-0.3, -0.25) is 10.1 Å². The van der Waals surface area contributed by atoms with Crippen LogP contribution in [0, 0.1) is 10.1 Å². The van der Waals surface area contributed by atoms with Crippen molar-refractivity contribution in [3.8, 4) is 0 Å². The number of nitrogens with zero attached hydrogens (tertiary/aromatic N) is 4. The first-order valence-corrected chi connectivity index (χ1v) is 5.29. The molecule has 0 fully saturated rings. The molecule has 1 N–H and O–H groups in total. The SMILES string of the molecule is CC(CO)N(C)c1ccc([N+](=O)[O-])c2nonc12. The highest BCUT2D eigenvalue weighted by Gasteiger charge is 2.22. The molecular weight excluding hydrogens is 240 g/mol. The van der Waals surface area contributed by atoms with Gasteiger partial charge < -0.3 is 10.0 Å². The first-order chi connectivity index (χ1) is 8.56. The van der Waals surface area contributed by atoms with E-state index >= 15 is 0 Å². The molecule has 1 aromatic carbocycles. The van der Waals surface area contributed by atoms with Crippen LogP contribution in [0.25, 0.3) is 11.0 Å². The van der Waals surface area contributed by atoms with E-state index in [4.69, 9.17) is 5.11 Å². The summed E-state index contributed by atoms with van der Waals surface area (Å²) in [5, 5.41) is 27.2. The van der Waals surface area contributed by atoms with Crippen molar-refractivity contribution in [2.24, 2.45) is 0 Å². The first-order valence-electron chi connectivity index (χ1n) is 5.29. The molecule has 0 aliphatic rings. The van der Waals surface area contributed by atoms with Gasteiger partial charge in [0.05, 0.1) is 17.2 Å². The smallest absolute Gasteiger partial charge is 0.300 e. The Balaban J connectivity index is 2.58. The van der Waals surface area contributed by atoms with Crippen LogP contribution in [0.2, 0.25) is 0 Å². The van der Waals surface area contributed by atoms with Crippen molar-refractivity contribution in [1.29, 1.82) is 0 Å². The molecule has 8 nitrogen and oxygen atoms in total. The van der Waals surface area contributed by atoms with Crippen LogP contribution in [0.4, 0.5) is 11.4 Å². The van der Waals surface area contributed by atoms with E-state index in [9.17, 15) is 10.1 Å². The zero-order valence-corrected chi connectivity index (χ0v) is 9.90. The maximum absolute atomic E-state index is 10.8. The number of hydrogen-bond donors (Lipinski definition) is 1. The standard InChI is InChI=1S/C10H12N4O4/c1-6(5-15)13(2)7-3-4-8(14(16)17)10-9(7)11-18-12-10/h3-4,6,15H,5H2,1-2H3. The van der Waals surface area contributed by atoms with Crippen molar-refractivity contribution < 1.29 is 14.7 Å². The minimum Gasteiger partial charge on any atom is -0.394 e. The molecule has 0 spiro atoms. The summed E-state index contributed by atoms with van der Waals surface area (Å²) in [7, 11) is 1.76. The molecule has 2 aromatic rings. The molecule has 96 valence electrons. The minimum atomic E-state index is -0.536. The molecule has 0 saturated heterocycles. The second-order valence-corrected chi connectivity index (χ2v) is 3.96. The van der Waals surface area contributed by atoms with Gasteiger partial charge in [0, 0.05) is 19.2 Å². The van der Waals surface area contributed by atoms with E-state index in [1.165, 1.54) is 6.07 Å². The number of fused-ring (bicyclic) bond motifs is 1. The molecule has 0 aliphatic carbocycles. The van der Waals surface area contributed by atoms with Crippen LogP contribution in [0.3, 0.4) is 0 Å². The maximum atomic E-state index is 10.8. The van der Waals surface area contributed by atoms with Crippen LogP contribution in [0.5, 0.6) is 0 Å². The van der Waals surface area contributed by atoms with Crippen LogP contribution >= 0.6 is 0 Å². The minimum absolute atomic E-state index is 0.0414. The highest BCUT2D eigenvalue weighted by Crippen LogP contribution is 2.31. The lowest BCUT2D eigenvalue weighted by Crippen LogP contribution is -2.31.